The summed E-state index contributed by atoms with van der Waals surface area (Å²) in [6.45, 7) is 0.580. The quantitative estimate of drug-likeness (QED) is 0.770. The summed E-state index contributed by atoms with van der Waals surface area (Å²) in [5.41, 5.74) is 1.00. The average molecular weight is 291 g/mol. The molecule has 0 aliphatic carbocycles. The zero-order valence-corrected chi connectivity index (χ0v) is 11.2. The summed E-state index contributed by atoms with van der Waals surface area (Å²) in [6.07, 6.45) is -1.65. The van der Waals surface area contributed by atoms with E-state index in [1.54, 1.807) is 6.07 Å². The monoisotopic (exact) mass is 291 g/mol. The Morgan fingerprint density at radius 2 is 1.86 bits per heavy atom. The highest BCUT2D eigenvalue weighted by Crippen LogP contribution is 2.37. The van der Waals surface area contributed by atoms with E-state index in [-0.39, 0.29) is 5.92 Å². The number of fused-ring (bicyclic) bond motifs is 1. The number of ether oxygens (including phenoxy) is 1. The zero-order chi connectivity index (χ0) is 14.9. The third kappa shape index (κ3) is 3.04. The highest BCUT2D eigenvalue weighted by Gasteiger charge is 2.30. The van der Waals surface area contributed by atoms with Crippen molar-refractivity contribution in [2.45, 2.75) is 18.5 Å². The highest BCUT2D eigenvalue weighted by molar-refractivity contribution is 5.42. The van der Waals surface area contributed by atoms with Crippen LogP contribution in [0, 0.1) is 6.42 Å². The first-order valence-corrected chi connectivity index (χ1v) is 6.78. The lowest BCUT2D eigenvalue weighted by molar-refractivity contribution is -0.137. The minimum Gasteiger partial charge on any atom is -0.493 e. The van der Waals surface area contributed by atoms with Crippen LogP contribution in [-0.2, 0) is 6.18 Å². The van der Waals surface area contributed by atoms with E-state index >= 15 is 0 Å². The van der Waals surface area contributed by atoms with Gasteiger partial charge in [0, 0.05) is 0 Å². The second-order valence-electron chi connectivity index (χ2n) is 5.07. The molecule has 1 aliphatic heterocycles. The van der Waals surface area contributed by atoms with Crippen LogP contribution in [0.15, 0.2) is 48.5 Å². The van der Waals surface area contributed by atoms with Crippen LogP contribution in [0.1, 0.15) is 29.0 Å². The molecule has 1 atom stereocenters. The number of benzene rings is 2. The summed E-state index contributed by atoms with van der Waals surface area (Å²) in [5.74, 6) is 0.899. The molecule has 109 valence electrons. The van der Waals surface area contributed by atoms with Gasteiger partial charge in [0.1, 0.15) is 5.75 Å². The van der Waals surface area contributed by atoms with Gasteiger partial charge in [0.15, 0.2) is 0 Å². The van der Waals surface area contributed by atoms with Gasteiger partial charge in [-0.25, -0.2) is 0 Å². The van der Waals surface area contributed by atoms with Gasteiger partial charge in [-0.1, -0.05) is 36.4 Å². The lowest BCUT2D eigenvalue weighted by Crippen LogP contribution is -2.15. The summed E-state index contributed by atoms with van der Waals surface area (Å²) >= 11 is 0. The molecular formula is C17H14F3O. The van der Waals surface area contributed by atoms with Crippen LogP contribution < -0.4 is 4.74 Å². The Morgan fingerprint density at radius 3 is 2.67 bits per heavy atom. The van der Waals surface area contributed by atoms with E-state index < -0.39 is 11.7 Å². The Hall–Kier alpha value is -1.97. The molecule has 1 unspecified atom stereocenters. The van der Waals surface area contributed by atoms with Crippen LogP contribution in [-0.4, -0.2) is 6.61 Å². The molecule has 1 aliphatic rings. The van der Waals surface area contributed by atoms with Gasteiger partial charge in [-0.2, -0.15) is 13.2 Å². The summed E-state index contributed by atoms with van der Waals surface area (Å²) < 4.78 is 43.8. The van der Waals surface area contributed by atoms with Gasteiger partial charge in [-0.05, 0) is 42.0 Å². The topological polar surface area (TPSA) is 9.23 Å². The second kappa shape index (κ2) is 5.43. The van der Waals surface area contributed by atoms with Gasteiger partial charge in [-0.3, -0.25) is 0 Å². The van der Waals surface area contributed by atoms with Gasteiger partial charge in [0.25, 0.3) is 0 Å². The number of hydrogen-bond donors (Lipinski definition) is 0. The molecule has 3 rings (SSSR count). The van der Waals surface area contributed by atoms with Crippen molar-refractivity contribution >= 4 is 0 Å². The van der Waals surface area contributed by atoms with Gasteiger partial charge in [0.05, 0.1) is 12.2 Å². The summed E-state index contributed by atoms with van der Waals surface area (Å²) in [4.78, 5) is 0. The Balaban J connectivity index is 1.85. The molecule has 21 heavy (non-hydrogen) atoms. The predicted octanol–water partition coefficient (Wildman–Crippen LogP) is 4.82. The molecule has 0 fully saturated rings. The maximum absolute atomic E-state index is 12.8. The molecule has 0 saturated carbocycles. The van der Waals surface area contributed by atoms with E-state index in [0.29, 0.717) is 12.2 Å². The minimum absolute atomic E-state index is 0.0819. The Labute approximate surface area is 121 Å². The van der Waals surface area contributed by atoms with Crippen LogP contribution in [0.25, 0.3) is 0 Å². The van der Waals surface area contributed by atoms with Crippen LogP contribution in [0.5, 0.6) is 5.75 Å². The smallest absolute Gasteiger partial charge is 0.416 e. The third-order valence-electron chi connectivity index (χ3n) is 3.61. The van der Waals surface area contributed by atoms with Crippen molar-refractivity contribution in [1.82, 2.24) is 0 Å². The molecule has 0 amide bonds. The lowest BCUT2D eigenvalue weighted by Gasteiger charge is -2.25. The first kappa shape index (κ1) is 14.0. The molecule has 0 spiro atoms. The number of rotatable bonds is 2. The first-order chi connectivity index (χ1) is 10.0. The van der Waals surface area contributed by atoms with Crippen LogP contribution in [0.2, 0.25) is 0 Å². The highest BCUT2D eigenvalue weighted by atomic mass is 19.4. The molecular weight excluding hydrogens is 277 g/mol. The Bertz CT molecular complexity index is 634. The predicted molar refractivity (Wildman–Crippen MR) is 74.1 cm³/mol. The number of hydrogen-bond acceptors (Lipinski definition) is 1. The van der Waals surface area contributed by atoms with Gasteiger partial charge < -0.3 is 4.74 Å². The fourth-order valence-corrected chi connectivity index (χ4v) is 2.59. The average Bonchev–Trinajstić information content (AvgIpc) is 2.47. The molecule has 4 heteroatoms. The summed E-state index contributed by atoms with van der Waals surface area (Å²) in [5, 5.41) is 0. The summed E-state index contributed by atoms with van der Waals surface area (Å²) in [7, 11) is 0. The van der Waals surface area contributed by atoms with Crippen molar-refractivity contribution in [3.63, 3.8) is 0 Å². The normalized spacial score (nSPS) is 18.0. The molecule has 2 aromatic carbocycles. The number of para-hydroxylation sites is 1. The molecule has 2 aromatic rings. The molecule has 0 saturated heterocycles. The van der Waals surface area contributed by atoms with E-state index in [2.05, 4.69) is 0 Å². The first-order valence-electron chi connectivity index (χ1n) is 6.78. The minimum atomic E-state index is -4.31. The summed E-state index contributed by atoms with van der Waals surface area (Å²) in [6, 6.07) is 13.1. The van der Waals surface area contributed by atoms with Crippen LogP contribution in [0.4, 0.5) is 13.2 Å². The van der Waals surface area contributed by atoms with Crippen LogP contribution >= 0.6 is 0 Å². The van der Waals surface area contributed by atoms with Crippen molar-refractivity contribution < 1.29 is 17.9 Å². The molecule has 0 bridgehead atoms. The van der Waals surface area contributed by atoms with Gasteiger partial charge in [-0.15, -0.1) is 0 Å². The SMILES string of the molecule is FC(F)(F)c1cccc([CH]C2CCOc3ccccc32)c1. The standard InChI is InChI=1S/C17H14F3O/c18-17(19,20)14-5-3-4-12(11-14)10-13-8-9-21-16-7-2-1-6-15(13)16/h1-7,10-11,13H,8-9H2. The van der Waals surface area contributed by atoms with E-state index in [0.717, 1.165) is 23.8 Å². The maximum atomic E-state index is 12.8. The fourth-order valence-electron chi connectivity index (χ4n) is 2.59. The Kier molecular flexibility index (Phi) is 3.62. The van der Waals surface area contributed by atoms with Gasteiger partial charge in [0.2, 0.25) is 0 Å². The molecule has 1 nitrogen and oxygen atoms in total. The van der Waals surface area contributed by atoms with Crippen molar-refractivity contribution in [2.24, 2.45) is 0 Å². The number of alkyl halides is 3. The zero-order valence-electron chi connectivity index (χ0n) is 11.2. The van der Waals surface area contributed by atoms with E-state index in [4.69, 9.17) is 4.74 Å². The van der Waals surface area contributed by atoms with Crippen LogP contribution in [0.3, 0.4) is 0 Å². The Morgan fingerprint density at radius 1 is 1.05 bits per heavy atom. The van der Waals surface area contributed by atoms with E-state index in [1.807, 2.05) is 30.7 Å². The molecule has 1 radical (unpaired) electrons. The van der Waals surface area contributed by atoms with Crippen molar-refractivity contribution in [1.29, 1.82) is 0 Å². The third-order valence-corrected chi connectivity index (χ3v) is 3.61. The fraction of sp³-hybridized carbons (Fsp3) is 0.235. The molecule has 0 N–H and O–H groups in total. The number of halogens is 3. The second-order valence-corrected chi connectivity index (χ2v) is 5.07. The maximum Gasteiger partial charge on any atom is 0.416 e. The molecule has 1 heterocycles. The van der Waals surface area contributed by atoms with E-state index in [1.165, 1.54) is 12.1 Å². The van der Waals surface area contributed by atoms with Crippen molar-refractivity contribution in [3.8, 4) is 5.75 Å². The van der Waals surface area contributed by atoms with Crippen molar-refractivity contribution in [2.75, 3.05) is 6.61 Å². The largest absolute Gasteiger partial charge is 0.493 e. The van der Waals surface area contributed by atoms with E-state index in [9.17, 15) is 13.2 Å². The van der Waals surface area contributed by atoms with Gasteiger partial charge >= 0.3 is 6.18 Å². The van der Waals surface area contributed by atoms with Crippen molar-refractivity contribution in [3.05, 3.63) is 71.6 Å². The lowest BCUT2D eigenvalue weighted by atomic mass is 9.87. The molecule has 0 aromatic heterocycles.